The number of likely N-dealkylation sites (N-methyl/N-ethyl adjacent to an activating group) is 1. The molecule has 0 spiro atoms. The summed E-state index contributed by atoms with van der Waals surface area (Å²) in [5, 5.41) is 10.6. The van der Waals surface area contributed by atoms with E-state index in [1.807, 2.05) is 0 Å². The smallest absolute Gasteiger partial charge is 0.323 e. The van der Waals surface area contributed by atoms with E-state index in [1.165, 1.54) is 7.05 Å². The Morgan fingerprint density at radius 2 is 1.75 bits per heavy atom. The summed E-state index contributed by atoms with van der Waals surface area (Å²) >= 11 is 0. The zero-order valence-electron chi connectivity index (χ0n) is 14.4. The molecule has 0 bridgehead atoms. The molecule has 2 rings (SSSR count). The van der Waals surface area contributed by atoms with Gasteiger partial charge in [-0.2, -0.15) is 17.5 Å². The molecule has 2 N–H and O–H groups in total. The quantitative estimate of drug-likeness (QED) is 0.438. The maximum Gasteiger partial charge on any atom is 0.419 e. The van der Waals surface area contributed by atoms with Crippen molar-refractivity contribution in [2.24, 2.45) is 5.73 Å². The van der Waals surface area contributed by atoms with Crippen LogP contribution in [0.5, 0.6) is 0 Å². The lowest BCUT2D eigenvalue weighted by molar-refractivity contribution is -0.384. The molecule has 0 saturated carbocycles. The lowest BCUT2D eigenvalue weighted by Crippen LogP contribution is -2.34. The van der Waals surface area contributed by atoms with Crippen LogP contribution in [0.2, 0.25) is 0 Å². The third-order valence-electron chi connectivity index (χ3n) is 3.94. The molecule has 0 amide bonds. The minimum Gasteiger partial charge on any atom is -0.323 e. The highest BCUT2D eigenvalue weighted by molar-refractivity contribution is 7.89. The zero-order valence-corrected chi connectivity index (χ0v) is 15.2. The van der Waals surface area contributed by atoms with Gasteiger partial charge in [-0.15, -0.1) is 0 Å². The Balaban J connectivity index is 2.20. The number of alkyl halides is 3. The molecule has 2 aromatic carbocycles. The Morgan fingerprint density at radius 1 is 1.18 bits per heavy atom. The second-order valence-electron chi connectivity index (χ2n) is 5.88. The summed E-state index contributed by atoms with van der Waals surface area (Å²) in [6.45, 7) is -0.357. The van der Waals surface area contributed by atoms with Crippen molar-refractivity contribution in [2.75, 3.05) is 13.6 Å². The molecule has 0 heterocycles. The predicted octanol–water partition coefficient (Wildman–Crippen LogP) is 3.07. The SMILES string of the molecule is CN(CC(N)c1ccc(C(F)(F)F)c(F)c1)S(=O)(=O)c1ccc([N+](=O)[O-])cc1. The summed E-state index contributed by atoms with van der Waals surface area (Å²) in [5.74, 6) is -1.51. The predicted molar refractivity (Wildman–Crippen MR) is 91.2 cm³/mol. The normalized spacial score (nSPS) is 13.5. The summed E-state index contributed by atoms with van der Waals surface area (Å²) in [7, 11) is -2.89. The second kappa shape index (κ2) is 7.81. The van der Waals surface area contributed by atoms with E-state index in [0.29, 0.717) is 12.1 Å². The van der Waals surface area contributed by atoms with Gasteiger partial charge in [0.1, 0.15) is 5.82 Å². The maximum atomic E-state index is 13.7. The molecule has 28 heavy (non-hydrogen) atoms. The summed E-state index contributed by atoms with van der Waals surface area (Å²) in [4.78, 5) is 9.72. The van der Waals surface area contributed by atoms with Crippen LogP contribution in [0.25, 0.3) is 0 Å². The van der Waals surface area contributed by atoms with Gasteiger partial charge < -0.3 is 5.73 Å². The summed E-state index contributed by atoms with van der Waals surface area (Å²) in [5.41, 5.74) is 4.06. The number of rotatable bonds is 6. The van der Waals surface area contributed by atoms with Crippen molar-refractivity contribution < 1.29 is 30.9 Å². The standard InChI is InChI=1S/C16H15F4N3O4S/c1-22(28(26,27)12-5-3-11(4-6-12)23(24)25)9-15(21)10-2-7-13(14(17)8-10)16(18,19)20/h2-8,15H,9,21H2,1H3. The summed E-state index contributed by atoms with van der Waals surface area (Å²) in [6, 6.07) is 5.16. The first-order valence-electron chi connectivity index (χ1n) is 7.67. The van der Waals surface area contributed by atoms with Gasteiger partial charge >= 0.3 is 6.18 Å². The second-order valence-corrected chi connectivity index (χ2v) is 7.92. The molecule has 0 aliphatic rings. The van der Waals surface area contributed by atoms with Crippen LogP contribution in [0.15, 0.2) is 47.4 Å². The van der Waals surface area contributed by atoms with Gasteiger partial charge in [-0.05, 0) is 29.8 Å². The number of hydrogen-bond acceptors (Lipinski definition) is 5. The van der Waals surface area contributed by atoms with Crippen molar-refractivity contribution in [2.45, 2.75) is 17.1 Å². The Labute approximate surface area is 157 Å². The van der Waals surface area contributed by atoms with Gasteiger partial charge in [0.05, 0.1) is 15.4 Å². The van der Waals surface area contributed by atoms with E-state index in [-0.39, 0.29) is 22.7 Å². The highest BCUT2D eigenvalue weighted by Crippen LogP contribution is 2.32. The molecule has 2 aromatic rings. The largest absolute Gasteiger partial charge is 0.419 e. The molecular formula is C16H15F4N3O4S. The van der Waals surface area contributed by atoms with Gasteiger partial charge in [0.15, 0.2) is 0 Å². The van der Waals surface area contributed by atoms with Crippen LogP contribution >= 0.6 is 0 Å². The van der Waals surface area contributed by atoms with Crippen LogP contribution in [0.1, 0.15) is 17.2 Å². The van der Waals surface area contributed by atoms with E-state index in [0.717, 1.165) is 34.6 Å². The highest BCUT2D eigenvalue weighted by Gasteiger charge is 2.34. The maximum absolute atomic E-state index is 13.7. The highest BCUT2D eigenvalue weighted by atomic mass is 32.2. The minimum absolute atomic E-state index is 0.0174. The average molecular weight is 421 g/mol. The van der Waals surface area contributed by atoms with E-state index < -0.39 is 38.5 Å². The number of hydrogen-bond donors (Lipinski definition) is 1. The number of nitrogens with zero attached hydrogens (tertiary/aromatic N) is 2. The number of nitro groups is 1. The fourth-order valence-corrected chi connectivity index (χ4v) is 3.59. The third-order valence-corrected chi connectivity index (χ3v) is 5.77. The van der Waals surface area contributed by atoms with Crippen molar-refractivity contribution in [3.63, 3.8) is 0 Å². The summed E-state index contributed by atoms with van der Waals surface area (Å²) < 4.78 is 77.4. The molecule has 0 aliphatic carbocycles. The van der Waals surface area contributed by atoms with Crippen molar-refractivity contribution in [1.29, 1.82) is 0 Å². The molecule has 1 unspecified atom stereocenters. The van der Waals surface area contributed by atoms with E-state index in [2.05, 4.69) is 0 Å². The van der Waals surface area contributed by atoms with Crippen LogP contribution in [-0.2, 0) is 16.2 Å². The molecule has 0 aromatic heterocycles. The van der Waals surface area contributed by atoms with Crippen LogP contribution < -0.4 is 5.73 Å². The molecule has 12 heteroatoms. The third kappa shape index (κ3) is 4.64. The van der Waals surface area contributed by atoms with Crippen molar-refractivity contribution in [3.8, 4) is 0 Å². The van der Waals surface area contributed by atoms with Gasteiger partial charge in [0, 0.05) is 31.8 Å². The summed E-state index contributed by atoms with van der Waals surface area (Å²) in [6.07, 6.45) is -4.86. The first-order valence-corrected chi connectivity index (χ1v) is 9.11. The fourth-order valence-electron chi connectivity index (χ4n) is 2.39. The minimum atomic E-state index is -4.86. The number of benzene rings is 2. The number of non-ortho nitro benzene ring substituents is 1. The van der Waals surface area contributed by atoms with Gasteiger partial charge in [-0.1, -0.05) is 6.07 Å². The lowest BCUT2D eigenvalue weighted by Gasteiger charge is -2.22. The Morgan fingerprint density at radius 3 is 2.21 bits per heavy atom. The van der Waals surface area contributed by atoms with Crippen LogP contribution in [0.4, 0.5) is 23.2 Å². The van der Waals surface area contributed by atoms with E-state index in [1.54, 1.807) is 0 Å². The Kier molecular flexibility index (Phi) is 6.06. The monoisotopic (exact) mass is 421 g/mol. The molecule has 0 radical (unpaired) electrons. The molecule has 0 aliphatic heterocycles. The number of halogens is 4. The number of sulfonamides is 1. The first kappa shape index (κ1) is 21.7. The van der Waals surface area contributed by atoms with Crippen molar-refractivity contribution >= 4 is 15.7 Å². The molecular weight excluding hydrogens is 406 g/mol. The Bertz CT molecular complexity index is 978. The molecule has 0 saturated heterocycles. The van der Waals surface area contributed by atoms with Gasteiger partial charge in [-0.3, -0.25) is 10.1 Å². The van der Waals surface area contributed by atoms with E-state index >= 15 is 0 Å². The fraction of sp³-hybridized carbons (Fsp3) is 0.250. The first-order chi connectivity index (χ1) is 12.8. The topological polar surface area (TPSA) is 107 Å². The number of nitro benzene ring substituents is 1. The molecule has 152 valence electrons. The van der Waals surface area contributed by atoms with E-state index in [9.17, 15) is 36.1 Å². The van der Waals surface area contributed by atoms with Gasteiger partial charge in [0.2, 0.25) is 10.0 Å². The van der Waals surface area contributed by atoms with Crippen LogP contribution in [-0.4, -0.2) is 31.2 Å². The average Bonchev–Trinajstić information content (AvgIpc) is 2.60. The lowest BCUT2D eigenvalue weighted by atomic mass is 10.0. The number of nitrogens with two attached hydrogens (primary N) is 1. The van der Waals surface area contributed by atoms with Crippen molar-refractivity contribution in [1.82, 2.24) is 4.31 Å². The molecule has 1 atom stereocenters. The zero-order chi connectivity index (χ0) is 21.3. The van der Waals surface area contributed by atoms with Gasteiger partial charge in [-0.25, -0.2) is 12.8 Å². The molecule has 7 nitrogen and oxygen atoms in total. The van der Waals surface area contributed by atoms with Crippen LogP contribution in [0.3, 0.4) is 0 Å². The van der Waals surface area contributed by atoms with E-state index in [4.69, 9.17) is 5.73 Å². The van der Waals surface area contributed by atoms with Crippen molar-refractivity contribution in [3.05, 3.63) is 69.5 Å². The van der Waals surface area contributed by atoms with Gasteiger partial charge in [0.25, 0.3) is 5.69 Å². The Hall–Kier alpha value is -2.57. The van der Waals surface area contributed by atoms with Crippen LogP contribution in [0, 0.1) is 15.9 Å². The molecule has 0 fully saturated rings.